The average molecular weight is 459 g/mol. The zero-order chi connectivity index (χ0) is 21.8. The number of amides is 2. The summed E-state index contributed by atoms with van der Waals surface area (Å²) in [5, 5.41) is 3.58. The SMILES string of the molecule is NC(=O)COc1ccc(NC(=O)CCSCc2nc3sc4c(c3c(=O)[nH]2)CCC4)cc1. The fraction of sp³-hybridized carbons (Fsp3) is 0.333. The second-order valence-corrected chi connectivity index (χ2v) is 9.37. The van der Waals surface area contributed by atoms with E-state index in [0.717, 1.165) is 29.5 Å². The molecule has 10 heteroatoms. The van der Waals surface area contributed by atoms with Crippen molar-refractivity contribution >= 4 is 50.8 Å². The highest BCUT2D eigenvalue weighted by Gasteiger charge is 2.21. The number of H-pyrrole nitrogens is 1. The van der Waals surface area contributed by atoms with Crippen molar-refractivity contribution in [2.45, 2.75) is 31.4 Å². The first-order valence-electron chi connectivity index (χ1n) is 9.92. The molecule has 0 saturated heterocycles. The predicted molar refractivity (Wildman–Crippen MR) is 123 cm³/mol. The van der Waals surface area contributed by atoms with Gasteiger partial charge in [-0.1, -0.05) is 0 Å². The Morgan fingerprint density at radius 1 is 1.26 bits per heavy atom. The third kappa shape index (κ3) is 5.26. The molecule has 0 fully saturated rings. The number of aromatic nitrogens is 2. The van der Waals surface area contributed by atoms with Crippen molar-refractivity contribution in [1.82, 2.24) is 9.97 Å². The lowest BCUT2D eigenvalue weighted by Gasteiger charge is -2.07. The Kier molecular flexibility index (Phi) is 6.57. The van der Waals surface area contributed by atoms with Crippen molar-refractivity contribution in [3.05, 3.63) is 50.9 Å². The van der Waals surface area contributed by atoms with E-state index in [1.165, 1.54) is 10.4 Å². The topological polar surface area (TPSA) is 127 Å². The van der Waals surface area contributed by atoms with E-state index >= 15 is 0 Å². The second kappa shape index (κ2) is 9.52. The number of nitrogens with zero attached hydrogens (tertiary/aromatic N) is 1. The van der Waals surface area contributed by atoms with Crippen LogP contribution in [-0.2, 0) is 28.2 Å². The molecule has 162 valence electrons. The molecule has 2 aromatic heterocycles. The number of hydrogen-bond acceptors (Lipinski definition) is 7. The van der Waals surface area contributed by atoms with Gasteiger partial charge in [-0.05, 0) is 49.1 Å². The van der Waals surface area contributed by atoms with Crippen LogP contribution in [0.4, 0.5) is 5.69 Å². The number of thiophene rings is 1. The van der Waals surface area contributed by atoms with Crippen molar-refractivity contribution in [3.8, 4) is 5.75 Å². The molecule has 0 unspecified atom stereocenters. The van der Waals surface area contributed by atoms with E-state index in [2.05, 4.69) is 15.3 Å². The Morgan fingerprint density at radius 3 is 2.84 bits per heavy atom. The van der Waals surface area contributed by atoms with Gasteiger partial charge in [0.05, 0.1) is 11.1 Å². The molecule has 0 radical (unpaired) electrons. The van der Waals surface area contributed by atoms with Crippen LogP contribution in [0.3, 0.4) is 0 Å². The van der Waals surface area contributed by atoms with Gasteiger partial charge in [0.15, 0.2) is 6.61 Å². The monoisotopic (exact) mass is 458 g/mol. The van der Waals surface area contributed by atoms with Crippen LogP contribution in [0.15, 0.2) is 29.1 Å². The van der Waals surface area contributed by atoms with E-state index < -0.39 is 5.91 Å². The minimum Gasteiger partial charge on any atom is -0.484 e. The number of hydrogen-bond donors (Lipinski definition) is 3. The number of fused-ring (bicyclic) bond motifs is 3. The number of carbonyl (C=O) groups excluding carboxylic acids is 2. The van der Waals surface area contributed by atoms with Gasteiger partial charge in [-0.3, -0.25) is 14.4 Å². The van der Waals surface area contributed by atoms with Crippen molar-refractivity contribution < 1.29 is 14.3 Å². The molecule has 0 aliphatic heterocycles. The standard InChI is InChI=1S/C21H22N4O4S2/c22-16(26)10-29-13-6-4-12(5-7-13)23-18(27)8-9-30-11-17-24-20(28)19-14-2-1-3-15(14)31-21(19)25-17/h4-7H,1-3,8-11H2,(H2,22,26)(H,23,27)(H,24,25,28). The molecule has 2 amide bonds. The molecule has 4 N–H and O–H groups in total. The van der Waals surface area contributed by atoms with Crippen LogP contribution in [0.25, 0.3) is 10.2 Å². The highest BCUT2D eigenvalue weighted by Crippen LogP contribution is 2.34. The summed E-state index contributed by atoms with van der Waals surface area (Å²) in [4.78, 5) is 45.0. The van der Waals surface area contributed by atoms with E-state index in [1.54, 1.807) is 47.4 Å². The van der Waals surface area contributed by atoms with Crippen LogP contribution in [0.5, 0.6) is 5.75 Å². The molecule has 0 saturated carbocycles. The first-order chi connectivity index (χ1) is 15.0. The van der Waals surface area contributed by atoms with E-state index in [0.29, 0.717) is 35.2 Å². The van der Waals surface area contributed by atoms with E-state index in [1.807, 2.05) is 0 Å². The molecule has 2 heterocycles. The number of benzene rings is 1. The maximum atomic E-state index is 12.5. The molecule has 8 nitrogen and oxygen atoms in total. The predicted octanol–water partition coefficient (Wildman–Crippen LogP) is 2.60. The zero-order valence-corrected chi connectivity index (χ0v) is 18.4. The number of thioether (sulfide) groups is 1. The van der Waals surface area contributed by atoms with Gasteiger partial charge in [-0.15, -0.1) is 11.3 Å². The Morgan fingerprint density at radius 2 is 2.06 bits per heavy atom. The van der Waals surface area contributed by atoms with Crippen LogP contribution < -0.4 is 21.3 Å². The van der Waals surface area contributed by atoms with Crippen LogP contribution in [-0.4, -0.2) is 34.1 Å². The van der Waals surface area contributed by atoms with Crippen molar-refractivity contribution in [2.75, 3.05) is 17.7 Å². The molecule has 1 aliphatic carbocycles. The van der Waals surface area contributed by atoms with Gasteiger partial charge in [0, 0.05) is 22.7 Å². The fourth-order valence-electron chi connectivity index (χ4n) is 3.46. The first kappa shape index (κ1) is 21.4. The summed E-state index contributed by atoms with van der Waals surface area (Å²) in [7, 11) is 0. The summed E-state index contributed by atoms with van der Waals surface area (Å²) >= 11 is 3.18. The van der Waals surface area contributed by atoms with Crippen molar-refractivity contribution in [3.63, 3.8) is 0 Å². The summed E-state index contributed by atoms with van der Waals surface area (Å²) in [6.07, 6.45) is 3.46. The fourth-order valence-corrected chi connectivity index (χ4v) is 5.55. The lowest BCUT2D eigenvalue weighted by molar-refractivity contribution is -0.120. The normalized spacial score (nSPS) is 12.6. The molecule has 0 spiro atoms. The third-order valence-electron chi connectivity index (χ3n) is 4.86. The number of nitrogens with one attached hydrogen (secondary N) is 2. The molecule has 4 rings (SSSR count). The van der Waals surface area contributed by atoms with Gasteiger partial charge in [0.1, 0.15) is 16.4 Å². The van der Waals surface area contributed by atoms with E-state index in [4.69, 9.17) is 10.5 Å². The summed E-state index contributed by atoms with van der Waals surface area (Å²) in [5.74, 6) is 1.65. The van der Waals surface area contributed by atoms with Gasteiger partial charge in [0.25, 0.3) is 11.5 Å². The number of primary amides is 1. The molecule has 1 aromatic carbocycles. The highest BCUT2D eigenvalue weighted by molar-refractivity contribution is 7.98. The van der Waals surface area contributed by atoms with Gasteiger partial charge >= 0.3 is 0 Å². The second-order valence-electron chi connectivity index (χ2n) is 7.18. The average Bonchev–Trinajstić information content (AvgIpc) is 3.31. The van der Waals surface area contributed by atoms with Crippen LogP contribution in [0.2, 0.25) is 0 Å². The number of ether oxygens (including phenoxy) is 1. The number of aryl methyl sites for hydroxylation is 2. The van der Waals surface area contributed by atoms with Gasteiger partial charge in [-0.2, -0.15) is 11.8 Å². The number of aromatic amines is 1. The molecular formula is C21H22N4O4S2. The lowest BCUT2D eigenvalue weighted by Crippen LogP contribution is -2.20. The quantitative estimate of drug-likeness (QED) is 0.423. The molecule has 1 aliphatic rings. The number of nitrogens with two attached hydrogens (primary N) is 1. The zero-order valence-electron chi connectivity index (χ0n) is 16.7. The van der Waals surface area contributed by atoms with Crippen LogP contribution >= 0.6 is 23.1 Å². The molecule has 3 aromatic rings. The van der Waals surface area contributed by atoms with Crippen LogP contribution in [0, 0.1) is 0 Å². The third-order valence-corrected chi connectivity index (χ3v) is 7.01. The first-order valence-corrected chi connectivity index (χ1v) is 11.9. The molecule has 0 atom stereocenters. The number of carbonyl (C=O) groups is 2. The number of rotatable bonds is 9. The van der Waals surface area contributed by atoms with Gasteiger partial charge < -0.3 is 20.8 Å². The Balaban J connectivity index is 1.24. The minimum absolute atomic E-state index is 0.0546. The Hall–Kier alpha value is -2.85. The highest BCUT2D eigenvalue weighted by atomic mass is 32.2. The van der Waals surface area contributed by atoms with Crippen molar-refractivity contribution in [1.29, 1.82) is 0 Å². The Bertz CT molecular complexity index is 1170. The summed E-state index contributed by atoms with van der Waals surface area (Å²) in [6.45, 7) is -0.190. The minimum atomic E-state index is -0.548. The molecule has 0 bridgehead atoms. The maximum absolute atomic E-state index is 12.5. The lowest BCUT2D eigenvalue weighted by atomic mass is 10.2. The molecular weight excluding hydrogens is 436 g/mol. The number of anilines is 1. The summed E-state index contributed by atoms with van der Waals surface area (Å²) in [5.41, 5.74) is 6.80. The van der Waals surface area contributed by atoms with Gasteiger partial charge in [0.2, 0.25) is 5.91 Å². The van der Waals surface area contributed by atoms with E-state index in [-0.39, 0.29) is 18.1 Å². The van der Waals surface area contributed by atoms with Crippen molar-refractivity contribution in [2.24, 2.45) is 5.73 Å². The summed E-state index contributed by atoms with van der Waals surface area (Å²) < 4.78 is 5.18. The smallest absolute Gasteiger partial charge is 0.259 e. The van der Waals surface area contributed by atoms with Crippen LogP contribution in [0.1, 0.15) is 29.1 Å². The largest absolute Gasteiger partial charge is 0.484 e. The molecule has 31 heavy (non-hydrogen) atoms. The maximum Gasteiger partial charge on any atom is 0.259 e. The van der Waals surface area contributed by atoms with E-state index in [9.17, 15) is 14.4 Å². The van der Waals surface area contributed by atoms with Gasteiger partial charge in [-0.25, -0.2) is 4.98 Å². The summed E-state index contributed by atoms with van der Waals surface area (Å²) in [6, 6.07) is 6.71. The Labute approximate surface area is 186 Å².